The molecule has 3 rings (SSSR count). The van der Waals surface area contributed by atoms with Crippen LogP contribution in [0.25, 0.3) is 10.7 Å². The van der Waals surface area contributed by atoms with Crippen LogP contribution in [0.3, 0.4) is 0 Å². The molecule has 3 N–H and O–H groups in total. The quantitative estimate of drug-likeness (QED) is 0.449. The van der Waals surface area contributed by atoms with E-state index in [1.54, 1.807) is 22.8 Å². The van der Waals surface area contributed by atoms with E-state index in [-0.39, 0.29) is 6.54 Å². The average molecular weight is 403 g/mol. The van der Waals surface area contributed by atoms with Crippen molar-refractivity contribution in [1.82, 2.24) is 25.6 Å². The van der Waals surface area contributed by atoms with Crippen LogP contribution < -0.4 is 15.8 Å². The molecule has 0 saturated carbocycles. The fourth-order valence-corrected chi connectivity index (χ4v) is 3.28. The van der Waals surface area contributed by atoms with Gasteiger partial charge in [0.2, 0.25) is 0 Å². The number of nitrogens with zero attached hydrogens (tertiary/aromatic N) is 3. The Morgan fingerprint density at radius 2 is 2.07 bits per heavy atom. The third-order valence-corrected chi connectivity index (χ3v) is 4.92. The molecule has 0 fully saturated rings. The standard InChI is InChI=1S/C17H18N6O2S2/c1-22(2)12-6-3-5-11(9-12)16(25)20-18-14(24)10-23-15(19-21-17(23)26)13-7-4-8-27-13/h3-9H,10H2,1-2H3,(H,18,24)(H,20,25)(H,21,26). The van der Waals surface area contributed by atoms with Gasteiger partial charge in [0.1, 0.15) is 6.54 Å². The zero-order valence-corrected chi connectivity index (χ0v) is 16.4. The highest BCUT2D eigenvalue weighted by Crippen LogP contribution is 2.22. The van der Waals surface area contributed by atoms with Crippen molar-refractivity contribution in [3.05, 3.63) is 52.1 Å². The van der Waals surface area contributed by atoms with Gasteiger partial charge in [-0.3, -0.25) is 30.1 Å². The van der Waals surface area contributed by atoms with E-state index >= 15 is 0 Å². The predicted octanol–water partition coefficient (Wildman–Crippen LogP) is 2.20. The molecule has 0 aliphatic rings. The Labute approximate surface area is 164 Å². The summed E-state index contributed by atoms with van der Waals surface area (Å²) in [6, 6.07) is 10.9. The highest BCUT2D eigenvalue weighted by Gasteiger charge is 2.14. The zero-order valence-electron chi connectivity index (χ0n) is 14.7. The summed E-state index contributed by atoms with van der Waals surface area (Å²) < 4.78 is 1.91. The number of carbonyl (C=O) groups excluding carboxylic acids is 2. The molecule has 0 saturated heterocycles. The van der Waals surface area contributed by atoms with Gasteiger partial charge in [0.05, 0.1) is 4.88 Å². The number of aromatic amines is 1. The molecule has 1 aromatic carbocycles. The van der Waals surface area contributed by atoms with Crippen molar-refractivity contribution in [3.8, 4) is 10.7 Å². The maximum absolute atomic E-state index is 12.3. The number of carbonyl (C=O) groups is 2. The first-order valence-corrected chi connectivity index (χ1v) is 9.30. The molecule has 140 valence electrons. The fraction of sp³-hybridized carbons (Fsp3) is 0.176. The number of thiophene rings is 1. The topological polar surface area (TPSA) is 95.1 Å². The predicted molar refractivity (Wildman–Crippen MR) is 107 cm³/mol. The third kappa shape index (κ3) is 4.41. The van der Waals surface area contributed by atoms with E-state index in [2.05, 4.69) is 21.0 Å². The number of aromatic nitrogens is 3. The van der Waals surface area contributed by atoms with Gasteiger partial charge in [-0.25, -0.2) is 0 Å². The van der Waals surface area contributed by atoms with E-state index in [1.165, 1.54) is 11.3 Å². The molecule has 2 aromatic heterocycles. The maximum Gasteiger partial charge on any atom is 0.269 e. The fourth-order valence-electron chi connectivity index (χ4n) is 2.37. The lowest BCUT2D eigenvalue weighted by atomic mass is 10.2. The van der Waals surface area contributed by atoms with Gasteiger partial charge in [-0.05, 0) is 41.9 Å². The van der Waals surface area contributed by atoms with Gasteiger partial charge in [-0.1, -0.05) is 12.1 Å². The van der Waals surface area contributed by atoms with Gasteiger partial charge in [0.25, 0.3) is 11.8 Å². The number of rotatable bonds is 5. The van der Waals surface area contributed by atoms with Crippen molar-refractivity contribution in [2.75, 3.05) is 19.0 Å². The first kappa shape index (κ1) is 18.8. The smallest absolute Gasteiger partial charge is 0.269 e. The molecule has 10 heteroatoms. The van der Waals surface area contributed by atoms with Gasteiger partial charge in [-0.15, -0.1) is 11.3 Å². The van der Waals surface area contributed by atoms with Crippen LogP contribution in [-0.4, -0.2) is 40.7 Å². The van der Waals surface area contributed by atoms with Crippen LogP contribution in [0.4, 0.5) is 5.69 Å². The number of H-pyrrole nitrogens is 1. The Balaban J connectivity index is 1.64. The van der Waals surface area contributed by atoms with Crippen LogP contribution in [-0.2, 0) is 11.3 Å². The molecule has 0 bridgehead atoms. The molecule has 8 nitrogen and oxygen atoms in total. The molecule has 2 heterocycles. The summed E-state index contributed by atoms with van der Waals surface area (Å²) in [5.41, 5.74) is 6.16. The zero-order chi connectivity index (χ0) is 19.4. The maximum atomic E-state index is 12.3. The van der Waals surface area contributed by atoms with Crippen LogP contribution in [0.15, 0.2) is 41.8 Å². The Morgan fingerprint density at radius 3 is 2.78 bits per heavy atom. The first-order chi connectivity index (χ1) is 13.0. The van der Waals surface area contributed by atoms with Crippen LogP contribution in [0.1, 0.15) is 10.4 Å². The van der Waals surface area contributed by atoms with Gasteiger partial charge in [0, 0.05) is 25.3 Å². The van der Waals surface area contributed by atoms with Gasteiger partial charge < -0.3 is 4.90 Å². The van der Waals surface area contributed by atoms with E-state index in [0.29, 0.717) is 16.2 Å². The van der Waals surface area contributed by atoms with E-state index in [9.17, 15) is 9.59 Å². The summed E-state index contributed by atoms with van der Waals surface area (Å²) in [7, 11) is 3.77. The van der Waals surface area contributed by atoms with Crippen LogP contribution >= 0.6 is 23.6 Å². The minimum Gasteiger partial charge on any atom is -0.378 e. The molecule has 0 spiro atoms. The summed E-state index contributed by atoms with van der Waals surface area (Å²) >= 11 is 6.69. The SMILES string of the molecule is CN(C)c1cccc(C(=O)NNC(=O)Cn2c(-c3cccs3)n[nH]c2=S)c1. The van der Waals surface area contributed by atoms with Crippen LogP contribution in [0.2, 0.25) is 0 Å². The summed E-state index contributed by atoms with van der Waals surface area (Å²) in [6.07, 6.45) is 0. The molecule has 0 aliphatic carbocycles. The average Bonchev–Trinajstić information content (AvgIpc) is 3.30. The number of benzene rings is 1. The number of hydrogen-bond donors (Lipinski definition) is 3. The van der Waals surface area contributed by atoms with Gasteiger partial charge in [0.15, 0.2) is 10.6 Å². The molecular formula is C17H18N6O2S2. The van der Waals surface area contributed by atoms with Crippen molar-refractivity contribution in [2.45, 2.75) is 6.54 Å². The Kier molecular flexibility index (Phi) is 5.67. The molecule has 27 heavy (non-hydrogen) atoms. The summed E-state index contributed by atoms with van der Waals surface area (Å²) in [6.45, 7) is -0.0689. The molecule has 0 unspecified atom stereocenters. The minimum atomic E-state index is -0.414. The second-order valence-electron chi connectivity index (χ2n) is 5.86. The van der Waals surface area contributed by atoms with Gasteiger partial charge >= 0.3 is 0 Å². The molecule has 0 radical (unpaired) electrons. The van der Waals surface area contributed by atoms with Crippen molar-refractivity contribution in [1.29, 1.82) is 0 Å². The molecule has 3 aromatic rings. The highest BCUT2D eigenvalue weighted by molar-refractivity contribution is 7.71. The minimum absolute atomic E-state index is 0.0689. The van der Waals surface area contributed by atoms with Crippen molar-refractivity contribution < 1.29 is 9.59 Å². The lowest BCUT2D eigenvalue weighted by molar-refractivity contribution is -0.122. The Morgan fingerprint density at radius 1 is 1.26 bits per heavy atom. The number of amides is 2. The molecule has 0 atom stereocenters. The van der Waals surface area contributed by atoms with E-state index in [0.717, 1.165) is 10.6 Å². The monoisotopic (exact) mass is 402 g/mol. The Bertz CT molecular complexity index is 1010. The number of hydrazine groups is 1. The summed E-state index contributed by atoms with van der Waals surface area (Å²) in [5.74, 6) is -0.237. The number of nitrogens with one attached hydrogen (secondary N) is 3. The van der Waals surface area contributed by atoms with Crippen molar-refractivity contribution >= 4 is 41.1 Å². The lowest BCUT2D eigenvalue weighted by Crippen LogP contribution is -2.43. The van der Waals surface area contributed by atoms with E-state index in [1.807, 2.05) is 42.6 Å². The highest BCUT2D eigenvalue weighted by atomic mass is 32.1. The van der Waals surface area contributed by atoms with Gasteiger partial charge in [-0.2, -0.15) is 5.10 Å². The molecule has 0 aliphatic heterocycles. The van der Waals surface area contributed by atoms with Crippen molar-refractivity contribution in [2.24, 2.45) is 0 Å². The second kappa shape index (κ2) is 8.14. The summed E-state index contributed by atoms with van der Waals surface area (Å²) in [4.78, 5) is 27.3. The van der Waals surface area contributed by atoms with E-state index in [4.69, 9.17) is 12.2 Å². The lowest BCUT2D eigenvalue weighted by Gasteiger charge is -2.14. The second-order valence-corrected chi connectivity index (χ2v) is 7.20. The third-order valence-electron chi connectivity index (χ3n) is 3.74. The normalized spacial score (nSPS) is 10.4. The molecular weight excluding hydrogens is 384 g/mol. The largest absolute Gasteiger partial charge is 0.378 e. The first-order valence-electron chi connectivity index (χ1n) is 8.01. The van der Waals surface area contributed by atoms with Crippen LogP contribution in [0.5, 0.6) is 0 Å². The molecule has 2 amide bonds. The van der Waals surface area contributed by atoms with E-state index < -0.39 is 11.8 Å². The van der Waals surface area contributed by atoms with Crippen molar-refractivity contribution in [3.63, 3.8) is 0 Å². The number of hydrogen-bond acceptors (Lipinski definition) is 6. The number of anilines is 1. The Hall–Kier alpha value is -2.98. The summed E-state index contributed by atoms with van der Waals surface area (Å²) in [5, 5.41) is 8.77. The van der Waals surface area contributed by atoms with Crippen LogP contribution in [0, 0.1) is 4.77 Å².